The monoisotopic (exact) mass is 284 g/mol. The fourth-order valence-electron chi connectivity index (χ4n) is 2.15. The fourth-order valence-corrected chi connectivity index (χ4v) is 4.07. The lowest BCUT2D eigenvalue weighted by atomic mass is 9.97. The van der Waals surface area contributed by atoms with Crippen molar-refractivity contribution < 1.29 is 17.9 Å². The van der Waals surface area contributed by atoms with Crippen LogP contribution >= 0.6 is 0 Å². The van der Waals surface area contributed by atoms with Crippen LogP contribution < -0.4 is 15.8 Å². The normalized spacial score (nSPS) is 24.9. The molecule has 7 heteroatoms. The van der Waals surface area contributed by atoms with Gasteiger partial charge in [0.05, 0.1) is 18.6 Å². The van der Waals surface area contributed by atoms with E-state index in [9.17, 15) is 13.2 Å². The predicted molar refractivity (Wildman–Crippen MR) is 71.8 cm³/mol. The van der Waals surface area contributed by atoms with Crippen molar-refractivity contribution >= 4 is 21.4 Å². The molecule has 0 spiro atoms. The van der Waals surface area contributed by atoms with Crippen LogP contribution in [0.25, 0.3) is 0 Å². The van der Waals surface area contributed by atoms with Crippen molar-refractivity contribution in [3.05, 3.63) is 24.3 Å². The van der Waals surface area contributed by atoms with Crippen LogP contribution in [0.5, 0.6) is 5.75 Å². The van der Waals surface area contributed by atoms with E-state index in [0.717, 1.165) is 0 Å². The van der Waals surface area contributed by atoms with Gasteiger partial charge < -0.3 is 15.8 Å². The van der Waals surface area contributed by atoms with Crippen LogP contribution in [0.15, 0.2) is 24.3 Å². The van der Waals surface area contributed by atoms with Gasteiger partial charge in [-0.25, -0.2) is 8.42 Å². The Labute approximate surface area is 111 Å². The molecule has 6 nitrogen and oxygen atoms in total. The van der Waals surface area contributed by atoms with E-state index in [2.05, 4.69) is 5.32 Å². The van der Waals surface area contributed by atoms with Gasteiger partial charge in [0, 0.05) is 5.69 Å². The Balaban J connectivity index is 2.24. The van der Waals surface area contributed by atoms with Crippen LogP contribution in [0.1, 0.15) is 6.42 Å². The molecular weight excluding hydrogens is 268 g/mol. The number of methoxy groups -OCH3 is 1. The number of nitrogens with one attached hydrogen (secondary N) is 1. The Morgan fingerprint density at radius 3 is 2.42 bits per heavy atom. The van der Waals surface area contributed by atoms with Gasteiger partial charge in [0.15, 0.2) is 9.84 Å². The Hall–Kier alpha value is -1.76. The third kappa shape index (κ3) is 2.81. The SMILES string of the molecule is COc1ccc(NC2(C(N)=O)CCS(=O)(=O)C2)cc1. The number of nitrogens with two attached hydrogens (primary N) is 1. The van der Waals surface area contributed by atoms with Crippen LogP contribution in [0.3, 0.4) is 0 Å². The molecule has 104 valence electrons. The molecular formula is C12H16N2O4S. The van der Waals surface area contributed by atoms with Gasteiger partial charge in [-0.2, -0.15) is 0 Å². The van der Waals surface area contributed by atoms with Gasteiger partial charge in [-0.3, -0.25) is 4.79 Å². The molecule has 3 N–H and O–H groups in total. The molecule has 1 fully saturated rings. The van der Waals surface area contributed by atoms with E-state index in [1.807, 2.05) is 0 Å². The molecule has 1 unspecified atom stereocenters. The van der Waals surface area contributed by atoms with Gasteiger partial charge >= 0.3 is 0 Å². The third-order valence-corrected chi connectivity index (χ3v) is 5.01. The highest BCUT2D eigenvalue weighted by Gasteiger charge is 2.47. The highest BCUT2D eigenvalue weighted by atomic mass is 32.2. The number of sulfone groups is 1. The fraction of sp³-hybridized carbons (Fsp3) is 0.417. The number of benzene rings is 1. The maximum Gasteiger partial charge on any atom is 0.244 e. The van der Waals surface area contributed by atoms with Gasteiger partial charge in [0.1, 0.15) is 11.3 Å². The molecule has 1 aliphatic rings. The van der Waals surface area contributed by atoms with Crippen LogP contribution in [-0.2, 0) is 14.6 Å². The second-order valence-corrected chi connectivity index (χ2v) is 6.83. The minimum atomic E-state index is -3.22. The molecule has 0 aliphatic carbocycles. The summed E-state index contributed by atoms with van der Waals surface area (Å²) in [6, 6.07) is 6.88. The third-order valence-electron chi connectivity index (χ3n) is 3.25. The van der Waals surface area contributed by atoms with Gasteiger partial charge in [-0.1, -0.05) is 0 Å². The van der Waals surface area contributed by atoms with Crippen molar-refractivity contribution in [2.24, 2.45) is 5.73 Å². The van der Waals surface area contributed by atoms with Gasteiger partial charge in [-0.05, 0) is 30.7 Å². The quantitative estimate of drug-likeness (QED) is 0.820. The largest absolute Gasteiger partial charge is 0.497 e. The van der Waals surface area contributed by atoms with Crippen molar-refractivity contribution in [2.45, 2.75) is 12.0 Å². The molecule has 0 saturated carbocycles. The summed E-state index contributed by atoms with van der Waals surface area (Å²) < 4.78 is 28.2. The molecule has 1 aromatic carbocycles. The molecule has 2 rings (SSSR count). The molecule has 1 heterocycles. The Bertz CT molecular complexity index is 582. The summed E-state index contributed by atoms with van der Waals surface area (Å²) in [5.74, 6) is -0.261. The molecule has 0 bridgehead atoms. The number of hydrogen-bond acceptors (Lipinski definition) is 5. The van der Waals surface area contributed by atoms with Gasteiger partial charge in [0.25, 0.3) is 0 Å². The summed E-state index contributed by atoms with van der Waals surface area (Å²) >= 11 is 0. The van der Waals surface area contributed by atoms with Crippen LogP contribution in [0.2, 0.25) is 0 Å². The summed E-state index contributed by atoms with van der Waals surface area (Å²) in [5.41, 5.74) is 4.79. The molecule has 0 radical (unpaired) electrons. The molecule has 1 aromatic rings. The van der Waals surface area contributed by atoms with E-state index in [0.29, 0.717) is 11.4 Å². The summed E-state index contributed by atoms with van der Waals surface area (Å²) in [6.07, 6.45) is 0.191. The second kappa shape index (κ2) is 4.73. The number of primary amides is 1. The van der Waals surface area contributed by atoms with E-state index >= 15 is 0 Å². The molecule has 1 aliphatic heterocycles. The Kier molecular flexibility index (Phi) is 3.40. The molecule has 0 aromatic heterocycles. The van der Waals surface area contributed by atoms with Crippen molar-refractivity contribution in [1.82, 2.24) is 0 Å². The molecule has 19 heavy (non-hydrogen) atoms. The summed E-state index contributed by atoms with van der Waals surface area (Å²) in [7, 11) is -1.67. The average molecular weight is 284 g/mol. The van der Waals surface area contributed by atoms with E-state index < -0.39 is 21.3 Å². The minimum Gasteiger partial charge on any atom is -0.497 e. The predicted octanol–water partition coefficient (Wildman–Crippen LogP) is 0.150. The van der Waals surface area contributed by atoms with E-state index in [4.69, 9.17) is 10.5 Å². The first-order valence-electron chi connectivity index (χ1n) is 5.79. The number of hydrogen-bond donors (Lipinski definition) is 2. The first-order chi connectivity index (χ1) is 8.87. The molecule has 1 saturated heterocycles. The van der Waals surface area contributed by atoms with Crippen molar-refractivity contribution in [2.75, 3.05) is 23.9 Å². The molecule has 1 amide bonds. The Morgan fingerprint density at radius 1 is 1.37 bits per heavy atom. The van der Waals surface area contributed by atoms with Crippen molar-refractivity contribution in [1.29, 1.82) is 0 Å². The number of anilines is 1. The van der Waals surface area contributed by atoms with Crippen molar-refractivity contribution in [3.63, 3.8) is 0 Å². The number of carbonyl (C=O) groups excluding carboxylic acids is 1. The van der Waals surface area contributed by atoms with Crippen LogP contribution in [-0.4, -0.2) is 38.5 Å². The van der Waals surface area contributed by atoms with Gasteiger partial charge in [0.2, 0.25) is 5.91 Å². The Morgan fingerprint density at radius 2 is 2.00 bits per heavy atom. The van der Waals surface area contributed by atoms with Gasteiger partial charge in [-0.15, -0.1) is 0 Å². The highest BCUT2D eigenvalue weighted by Crippen LogP contribution is 2.28. The van der Waals surface area contributed by atoms with E-state index in [-0.39, 0.29) is 17.9 Å². The maximum absolute atomic E-state index is 11.6. The second-order valence-electron chi connectivity index (χ2n) is 4.64. The number of rotatable bonds is 4. The van der Waals surface area contributed by atoms with Crippen LogP contribution in [0, 0.1) is 0 Å². The topological polar surface area (TPSA) is 98.5 Å². The number of ether oxygens (including phenoxy) is 1. The van der Waals surface area contributed by atoms with E-state index in [1.165, 1.54) is 0 Å². The average Bonchev–Trinajstić information content (AvgIpc) is 2.67. The lowest BCUT2D eigenvalue weighted by Crippen LogP contribution is -2.51. The zero-order valence-corrected chi connectivity index (χ0v) is 11.4. The van der Waals surface area contributed by atoms with E-state index in [1.54, 1.807) is 31.4 Å². The number of carbonyl (C=O) groups is 1. The standard InChI is InChI=1S/C12H16N2O4S/c1-18-10-4-2-9(3-5-10)14-12(11(13)15)6-7-19(16,17)8-12/h2-5,14H,6-8H2,1H3,(H2,13,15). The summed E-state index contributed by atoms with van der Waals surface area (Å²) in [4.78, 5) is 11.6. The zero-order chi connectivity index (χ0) is 14.1. The lowest BCUT2D eigenvalue weighted by molar-refractivity contribution is -0.121. The first kappa shape index (κ1) is 13.7. The zero-order valence-electron chi connectivity index (χ0n) is 10.5. The minimum absolute atomic E-state index is 0.0287. The lowest BCUT2D eigenvalue weighted by Gasteiger charge is -2.26. The highest BCUT2D eigenvalue weighted by molar-refractivity contribution is 7.91. The smallest absolute Gasteiger partial charge is 0.244 e. The maximum atomic E-state index is 11.6. The van der Waals surface area contributed by atoms with Crippen LogP contribution in [0.4, 0.5) is 5.69 Å². The van der Waals surface area contributed by atoms with Crippen molar-refractivity contribution in [3.8, 4) is 5.75 Å². The number of amides is 1. The summed E-state index contributed by atoms with van der Waals surface area (Å²) in [6.45, 7) is 0. The molecule has 1 atom stereocenters. The summed E-state index contributed by atoms with van der Waals surface area (Å²) in [5, 5.41) is 2.95. The first-order valence-corrected chi connectivity index (χ1v) is 7.62.